The van der Waals surface area contributed by atoms with Crippen LogP contribution in [0.15, 0.2) is 29.0 Å². The van der Waals surface area contributed by atoms with Gasteiger partial charge in [0.05, 0.1) is 0 Å². The van der Waals surface area contributed by atoms with Crippen molar-refractivity contribution in [3.05, 3.63) is 30.4 Å². The number of hydrogen-bond acceptors (Lipinski definition) is 6. The smallest absolute Gasteiger partial charge is 0.227 e. The van der Waals surface area contributed by atoms with Crippen molar-refractivity contribution in [2.75, 3.05) is 13.1 Å². The first-order valence-corrected chi connectivity index (χ1v) is 7.42. The molecule has 0 bridgehead atoms. The summed E-state index contributed by atoms with van der Waals surface area (Å²) in [5.74, 6) is 0.952. The number of amides is 1. The molecule has 9 heteroatoms. The number of halogens is 2. The fourth-order valence-electron chi connectivity index (χ4n) is 1.97. The van der Waals surface area contributed by atoms with Crippen LogP contribution in [0.3, 0.4) is 0 Å². The molecule has 0 saturated carbocycles. The minimum absolute atomic E-state index is 0. The van der Waals surface area contributed by atoms with Crippen molar-refractivity contribution in [2.45, 2.75) is 32.7 Å². The van der Waals surface area contributed by atoms with E-state index >= 15 is 0 Å². The first-order chi connectivity index (χ1) is 10.7. The van der Waals surface area contributed by atoms with Crippen LogP contribution >= 0.6 is 24.8 Å². The molecule has 134 valence electrons. The molecule has 1 atom stereocenters. The van der Waals surface area contributed by atoms with E-state index in [9.17, 15) is 4.79 Å². The maximum atomic E-state index is 11.8. The molecule has 2 N–H and O–H groups in total. The molecular formula is C15H23Cl2N5O2. The number of aryl methyl sites for hydroxylation is 1. The van der Waals surface area contributed by atoms with Crippen molar-refractivity contribution < 1.29 is 9.32 Å². The van der Waals surface area contributed by atoms with E-state index in [0.29, 0.717) is 31.1 Å². The lowest BCUT2D eigenvalue weighted by Gasteiger charge is -2.12. The number of likely N-dealkylation sites (N-methyl/N-ethyl adjacent to an activating group) is 1. The monoisotopic (exact) mass is 375 g/mol. The summed E-state index contributed by atoms with van der Waals surface area (Å²) < 4.78 is 5.16. The van der Waals surface area contributed by atoms with E-state index in [1.54, 1.807) is 12.4 Å². The zero-order chi connectivity index (χ0) is 15.8. The van der Waals surface area contributed by atoms with E-state index in [1.807, 2.05) is 26.0 Å². The molecule has 0 aliphatic heterocycles. The van der Waals surface area contributed by atoms with Crippen LogP contribution in [0.2, 0.25) is 0 Å². The van der Waals surface area contributed by atoms with Crippen molar-refractivity contribution in [3.63, 3.8) is 0 Å². The highest BCUT2D eigenvalue weighted by molar-refractivity contribution is 5.85. The number of carbonyl (C=O) groups excluding carboxylic acids is 1. The van der Waals surface area contributed by atoms with Crippen LogP contribution in [0.4, 0.5) is 0 Å². The number of nitrogens with zero attached hydrogens (tertiary/aromatic N) is 3. The van der Waals surface area contributed by atoms with Gasteiger partial charge >= 0.3 is 0 Å². The molecule has 24 heavy (non-hydrogen) atoms. The van der Waals surface area contributed by atoms with E-state index in [2.05, 4.69) is 25.8 Å². The fourth-order valence-corrected chi connectivity index (χ4v) is 1.97. The Hall–Kier alpha value is -1.70. The van der Waals surface area contributed by atoms with Crippen LogP contribution in [0.5, 0.6) is 0 Å². The summed E-state index contributed by atoms with van der Waals surface area (Å²) in [6, 6.07) is 3.88. The summed E-state index contributed by atoms with van der Waals surface area (Å²) in [6.45, 7) is 5.56. The second-order valence-electron chi connectivity index (χ2n) is 5.01. The molecule has 0 spiro atoms. The molecule has 0 unspecified atom stereocenters. The van der Waals surface area contributed by atoms with Gasteiger partial charge in [0.2, 0.25) is 17.6 Å². The second kappa shape index (κ2) is 11.8. The van der Waals surface area contributed by atoms with E-state index in [1.165, 1.54) is 0 Å². The van der Waals surface area contributed by atoms with Gasteiger partial charge in [0, 0.05) is 43.4 Å². The van der Waals surface area contributed by atoms with Crippen LogP contribution in [0.25, 0.3) is 11.4 Å². The molecule has 2 aromatic rings. The van der Waals surface area contributed by atoms with Gasteiger partial charge in [0.15, 0.2) is 0 Å². The van der Waals surface area contributed by atoms with Crippen molar-refractivity contribution in [1.82, 2.24) is 25.8 Å². The quantitative estimate of drug-likeness (QED) is 0.732. The normalized spacial score (nSPS) is 11.1. The van der Waals surface area contributed by atoms with Gasteiger partial charge in [-0.2, -0.15) is 4.98 Å². The molecule has 1 amide bonds. The summed E-state index contributed by atoms with van der Waals surface area (Å²) in [5, 5.41) is 10.0. The van der Waals surface area contributed by atoms with Gasteiger partial charge in [-0.05, 0) is 25.6 Å². The highest BCUT2D eigenvalue weighted by atomic mass is 35.5. The van der Waals surface area contributed by atoms with Gasteiger partial charge in [-0.1, -0.05) is 12.1 Å². The average Bonchev–Trinajstić information content (AvgIpc) is 3.01. The maximum Gasteiger partial charge on any atom is 0.227 e. The first kappa shape index (κ1) is 22.3. The number of rotatable bonds is 8. The Labute approximate surface area is 153 Å². The predicted molar refractivity (Wildman–Crippen MR) is 96.5 cm³/mol. The van der Waals surface area contributed by atoms with E-state index < -0.39 is 0 Å². The Morgan fingerprint density at radius 3 is 2.67 bits per heavy atom. The second-order valence-corrected chi connectivity index (χ2v) is 5.01. The summed E-state index contributed by atoms with van der Waals surface area (Å²) in [7, 11) is 0. The van der Waals surface area contributed by atoms with Gasteiger partial charge in [-0.3, -0.25) is 9.78 Å². The highest BCUT2D eigenvalue weighted by Crippen LogP contribution is 2.14. The highest BCUT2D eigenvalue weighted by Gasteiger charge is 2.11. The molecule has 7 nitrogen and oxygen atoms in total. The van der Waals surface area contributed by atoms with Crippen molar-refractivity contribution >= 4 is 30.7 Å². The molecule has 0 aliphatic carbocycles. The molecule has 0 fully saturated rings. The first-order valence-electron chi connectivity index (χ1n) is 7.42. The van der Waals surface area contributed by atoms with Gasteiger partial charge < -0.3 is 15.2 Å². The molecule has 2 rings (SSSR count). The molecule has 2 aromatic heterocycles. The van der Waals surface area contributed by atoms with E-state index in [-0.39, 0.29) is 36.8 Å². The van der Waals surface area contributed by atoms with E-state index in [4.69, 9.17) is 4.52 Å². The molecule has 2 heterocycles. The molecule has 0 aliphatic rings. The van der Waals surface area contributed by atoms with Crippen molar-refractivity contribution in [3.8, 4) is 11.4 Å². The number of carbonyl (C=O) groups is 1. The fraction of sp³-hybridized carbons (Fsp3) is 0.467. The summed E-state index contributed by atoms with van der Waals surface area (Å²) >= 11 is 0. The summed E-state index contributed by atoms with van der Waals surface area (Å²) in [6.07, 6.45) is 4.10. The minimum Gasteiger partial charge on any atom is -0.355 e. The zero-order valence-corrected chi connectivity index (χ0v) is 15.3. The average molecular weight is 376 g/mol. The third-order valence-corrected chi connectivity index (χ3v) is 3.13. The Balaban J connectivity index is 0.00000264. The molecular weight excluding hydrogens is 353 g/mol. The van der Waals surface area contributed by atoms with Crippen LogP contribution in [0, 0.1) is 0 Å². The Morgan fingerprint density at radius 2 is 2.00 bits per heavy atom. The van der Waals surface area contributed by atoms with Gasteiger partial charge in [-0.25, -0.2) is 0 Å². The van der Waals surface area contributed by atoms with E-state index in [0.717, 1.165) is 12.1 Å². The number of pyridine rings is 1. The van der Waals surface area contributed by atoms with Crippen molar-refractivity contribution in [2.24, 2.45) is 0 Å². The van der Waals surface area contributed by atoms with Crippen LogP contribution in [-0.2, 0) is 11.2 Å². The number of hydrogen-bond donors (Lipinski definition) is 2. The van der Waals surface area contributed by atoms with Gasteiger partial charge in [0.1, 0.15) is 0 Å². The summed E-state index contributed by atoms with van der Waals surface area (Å²) in [5.41, 5.74) is 0.842. The predicted octanol–water partition coefficient (Wildman–Crippen LogP) is 2.02. The molecule has 0 aromatic carbocycles. The largest absolute Gasteiger partial charge is 0.355 e. The molecule has 0 radical (unpaired) electrons. The number of nitrogens with one attached hydrogen (secondary N) is 2. The van der Waals surface area contributed by atoms with Crippen LogP contribution in [0.1, 0.15) is 26.2 Å². The lowest BCUT2D eigenvalue weighted by Crippen LogP contribution is -2.38. The van der Waals surface area contributed by atoms with Crippen molar-refractivity contribution in [1.29, 1.82) is 0 Å². The maximum absolute atomic E-state index is 11.8. The lowest BCUT2D eigenvalue weighted by molar-refractivity contribution is -0.121. The van der Waals surface area contributed by atoms with Crippen LogP contribution in [-0.4, -0.2) is 40.2 Å². The Kier molecular flexibility index (Phi) is 10.9. The standard InChI is InChI=1S/C15H21N5O2.2ClH/c1-3-17-11(2)10-18-13(21)4-5-14-19-15(20-22-14)12-6-8-16-9-7-12;;/h6-9,11,17H,3-5,10H2,1-2H3,(H,18,21);2*1H/t11-;;/m1../s1. The minimum atomic E-state index is -0.0200. The zero-order valence-electron chi connectivity index (χ0n) is 13.7. The Morgan fingerprint density at radius 1 is 1.29 bits per heavy atom. The lowest BCUT2D eigenvalue weighted by atomic mass is 10.2. The van der Waals surface area contributed by atoms with Crippen LogP contribution < -0.4 is 10.6 Å². The topological polar surface area (TPSA) is 92.9 Å². The number of aromatic nitrogens is 3. The third-order valence-electron chi connectivity index (χ3n) is 3.13. The van der Waals surface area contributed by atoms with Gasteiger partial charge in [-0.15, -0.1) is 24.8 Å². The molecule has 0 saturated heterocycles. The Bertz CT molecular complexity index is 595. The SMILES string of the molecule is CCN[C@H](C)CNC(=O)CCc1nc(-c2ccncc2)no1.Cl.Cl. The third kappa shape index (κ3) is 7.25. The summed E-state index contributed by atoms with van der Waals surface area (Å²) in [4.78, 5) is 20.0. The van der Waals surface area contributed by atoms with Gasteiger partial charge in [0.25, 0.3) is 0 Å².